The number of piperidine rings is 2. The zero-order chi connectivity index (χ0) is 19.3. The van der Waals surface area contributed by atoms with Crippen molar-refractivity contribution in [2.75, 3.05) is 39.8 Å². The van der Waals surface area contributed by atoms with E-state index in [1.807, 2.05) is 0 Å². The molecule has 2 aliphatic heterocycles. The molecule has 2 fully saturated rings. The van der Waals surface area contributed by atoms with Gasteiger partial charge in [0.05, 0.1) is 12.0 Å². The lowest BCUT2D eigenvalue weighted by molar-refractivity contribution is -0.126. The van der Waals surface area contributed by atoms with Gasteiger partial charge in [-0.1, -0.05) is 0 Å². The van der Waals surface area contributed by atoms with E-state index in [0.29, 0.717) is 44.1 Å². The van der Waals surface area contributed by atoms with Crippen molar-refractivity contribution >= 4 is 28.3 Å². The molecule has 1 unspecified atom stereocenters. The highest BCUT2D eigenvalue weighted by Gasteiger charge is 2.32. The molecular formula is C19H30ClN3O4S. The molecule has 0 bridgehead atoms. The first-order valence-electron chi connectivity index (χ1n) is 9.63. The van der Waals surface area contributed by atoms with Crippen molar-refractivity contribution in [1.29, 1.82) is 0 Å². The molecule has 0 aromatic heterocycles. The van der Waals surface area contributed by atoms with Gasteiger partial charge in [-0.2, -0.15) is 4.31 Å². The van der Waals surface area contributed by atoms with Gasteiger partial charge in [-0.25, -0.2) is 8.42 Å². The maximum Gasteiger partial charge on any atom is 0.243 e. The summed E-state index contributed by atoms with van der Waals surface area (Å²) < 4.78 is 32.1. The summed E-state index contributed by atoms with van der Waals surface area (Å²) in [6.07, 6.45) is 3.42. The highest BCUT2D eigenvalue weighted by atomic mass is 35.5. The zero-order valence-corrected chi connectivity index (χ0v) is 17.9. The fraction of sp³-hybridized carbons (Fsp3) is 0.632. The van der Waals surface area contributed by atoms with Crippen molar-refractivity contribution in [3.05, 3.63) is 24.3 Å². The Bertz CT molecular complexity index is 728. The number of carbonyl (C=O) groups excluding carboxylic acids is 1. The summed E-state index contributed by atoms with van der Waals surface area (Å²) in [5.74, 6) is 1.07. The number of ether oxygens (including phenoxy) is 1. The minimum Gasteiger partial charge on any atom is -0.497 e. The number of sulfonamides is 1. The van der Waals surface area contributed by atoms with Gasteiger partial charge in [0, 0.05) is 25.6 Å². The number of rotatable bonds is 6. The fourth-order valence-corrected chi connectivity index (χ4v) is 5.21. The molecule has 1 aromatic carbocycles. The predicted molar refractivity (Wildman–Crippen MR) is 110 cm³/mol. The molecule has 0 aliphatic carbocycles. The van der Waals surface area contributed by atoms with Crippen LogP contribution in [0.2, 0.25) is 0 Å². The summed E-state index contributed by atoms with van der Waals surface area (Å²) >= 11 is 0. The minimum atomic E-state index is -3.53. The molecule has 1 amide bonds. The molecule has 9 heteroatoms. The number of halogens is 1. The van der Waals surface area contributed by atoms with Crippen molar-refractivity contribution in [3.8, 4) is 5.75 Å². The van der Waals surface area contributed by atoms with Gasteiger partial charge in [0.2, 0.25) is 15.9 Å². The molecule has 1 atom stereocenters. The Balaban J connectivity index is 0.00000280. The molecule has 0 spiro atoms. The molecule has 2 aliphatic rings. The third-order valence-electron chi connectivity index (χ3n) is 5.49. The van der Waals surface area contributed by atoms with Gasteiger partial charge in [-0.3, -0.25) is 4.79 Å². The Labute approximate surface area is 173 Å². The van der Waals surface area contributed by atoms with E-state index in [1.165, 1.54) is 4.31 Å². The smallest absolute Gasteiger partial charge is 0.243 e. The molecule has 2 saturated heterocycles. The van der Waals surface area contributed by atoms with Gasteiger partial charge in [-0.05, 0) is 69.0 Å². The van der Waals surface area contributed by atoms with Gasteiger partial charge >= 0.3 is 0 Å². The summed E-state index contributed by atoms with van der Waals surface area (Å²) in [6, 6.07) is 6.41. The van der Waals surface area contributed by atoms with Crippen LogP contribution < -0.4 is 15.4 Å². The van der Waals surface area contributed by atoms with E-state index < -0.39 is 10.0 Å². The summed E-state index contributed by atoms with van der Waals surface area (Å²) in [6.45, 7) is 3.47. The molecule has 158 valence electrons. The number of methoxy groups -OCH3 is 1. The Kier molecular flexibility index (Phi) is 8.55. The first-order chi connectivity index (χ1) is 13.0. The molecule has 0 radical (unpaired) electrons. The van der Waals surface area contributed by atoms with Crippen molar-refractivity contribution in [2.45, 2.75) is 30.6 Å². The van der Waals surface area contributed by atoms with Crippen LogP contribution in [0.4, 0.5) is 0 Å². The predicted octanol–water partition coefficient (Wildman–Crippen LogP) is 1.63. The van der Waals surface area contributed by atoms with Crippen molar-refractivity contribution in [2.24, 2.45) is 11.8 Å². The largest absolute Gasteiger partial charge is 0.497 e. The maximum atomic E-state index is 12.8. The maximum absolute atomic E-state index is 12.8. The highest BCUT2D eigenvalue weighted by molar-refractivity contribution is 7.89. The zero-order valence-electron chi connectivity index (χ0n) is 16.2. The number of carbonyl (C=O) groups is 1. The second kappa shape index (κ2) is 10.4. The van der Waals surface area contributed by atoms with E-state index in [2.05, 4.69) is 10.6 Å². The summed E-state index contributed by atoms with van der Waals surface area (Å²) in [4.78, 5) is 12.7. The average Bonchev–Trinajstić information content (AvgIpc) is 2.73. The lowest BCUT2D eigenvalue weighted by atomic mass is 9.96. The van der Waals surface area contributed by atoms with E-state index in [-0.39, 0.29) is 29.1 Å². The molecule has 3 rings (SSSR count). The van der Waals surface area contributed by atoms with Crippen LogP contribution in [0.5, 0.6) is 5.75 Å². The molecule has 28 heavy (non-hydrogen) atoms. The topological polar surface area (TPSA) is 87.7 Å². The van der Waals surface area contributed by atoms with Crippen LogP contribution >= 0.6 is 12.4 Å². The number of hydrogen-bond donors (Lipinski definition) is 2. The van der Waals surface area contributed by atoms with Crippen LogP contribution in [0.3, 0.4) is 0 Å². The van der Waals surface area contributed by atoms with Crippen molar-refractivity contribution in [1.82, 2.24) is 14.9 Å². The first-order valence-corrected chi connectivity index (χ1v) is 11.1. The summed E-state index contributed by atoms with van der Waals surface area (Å²) in [5.41, 5.74) is 0. The number of nitrogens with zero attached hydrogens (tertiary/aromatic N) is 1. The van der Waals surface area contributed by atoms with Gasteiger partial charge in [-0.15, -0.1) is 12.4 Å². The number of nitrogens with one attached hydrogen (secondary N) is 2. The van der Waals surface area contributed by atoms with Gasteiger partial charge in [0.1, 0.15) is 5.75 Å². The Morgan fingerprint density at radius 2 is 1.89 bits per heavy atom. The molecule has 1 aromatic rings. The van der Waals surface area contributed by atoms with Crippen LogP contribution in [0, 0.1) is 11.8 Å². The minimum absolute atomic E-state index is 0. The highest BCUT2D eigenvalue weighted by Crippen LogP contribution is 2.25. The van der Waals surface area contributed by atoms with E-state index in [0.717, 1.165) is 25.9 Å². The second-order valence-electron chi connectivity index (χ2n) is 7.31. The molecule has 2 heterocycles. The van der Waals surface area contributed by atoms with Crippen LogP contribution in [-0.2, 0) is 14.8 Å². The third-order valence-corrected chi connectivity index (χ3v) is 7.40. The van der Waals surface area contributed by atoms with Gasteiger partial charge in [0.15, 0.2) is 0 Å². The van der Waals surface area contributed by atoms with E-state index >= 15 is 0 Å². The Morgan fingerprint density at radius 1 is 1.21 bits per heavy atom. The van der Waals surface area contributed by atoms with Crippen LogP contribution in [0.25, 0.3) is 0 Å². The van der Waals surface area contributed by atoms with Crippen LogP contribution in [0.1, 0.15) is 25.7 Å². The SMILES string of the molecule is COc1ccc(S(=O)(=O)N2CCC(C(=O)NCC3CCCNC3)CC2)cc1.Cl. The standard InChI is InChI=1S/C19H29N3O4S.ClH/c1-26-17-4-6-18(7-5-17)27(24,25)22-11-8-16(9-12-22)19(23)21-14-15-3-2-10-20-13-15;/h4-7,15-16,20H,2-3,8-14H2,1H3,(H,21,23);1H. The van der Waals surface area contributed by atoms with Crippen LogP contribution in [0.15, 0.2) is 29.2 Å². The number of hydrogen-bond acceptors (Lipinski definition) is 5. The molecule has 2 N–H and O–H groups in total. The summed E-state index contributed by atoms with van der Waals surface area (Å²) in [5, 5.41) is 6.41. The average molecular weight is 432 g/mol. The monoisotopic (exact) mass is 431 g/mol. The number of amides is 1. The summed E-state index contributed by atoms with van der Waals surface area (Å²) in [7, 11) is -1.98. The van der Waals surface area contributed by atoms with Crippen molar-refractivity contribution in [3.63, 3.8) is 0 Å². The molecule has 7 nitrogen and oxygen atoms in total. The molecular weight excluding hydrogens is 402 g/mol. The lowest BCUT2D eigenvalue weighted by Gasteiger charge is -2.31. The van der Waals surface area contributed by atoms with Crippen LogP contribution in [-0.4, -0.2) is 58.5 Å². The quantitative estimate of drug-likeness (QED) is 0.714. The first kappa shape index (κ1) is 22.9. The number of benzene rings is 1. The van der Waals surface area contributed by atoms with E-state index in [9.17, 15) is 13.2 Å². The Hall–Kier alpha value is -1.35. The normalized spacial score (nSPS) is 21.5. The fourth-order valence-electron chi connectivity index (χ4n) is 3.74. The second-order valence-corrected chi connectivity index (χ2v) is 9.25. The van der Waals surface area contributed by atoms with E-state index in [4.69, 9.17) is 4.74 Å². The molecule has 0 saturated carbocycles. The third kappa shape index (κ3) is 5.59. The van der Waals surface area contributed by atoms with Gasteiger partial charge < -0.3 is 15.4 Å². The van der Waals surface area contributed by atoms with Gasteiger partial charge in [0.25, 0.3) is 0 Å². The Morgan fingerprint density at radius 3 is 2.46 bits per heavy atom. The van der Waals surface area contributed by atoms with E-state index in [1.54, 1.807) is 31.4 Å². The van der Waals surface area contributed by atoms with Crippen molar-refractivity contribution < 1.29 is 17.9 Å². The lowest BCUT2D eigenvalue weighted by Crippen LogP contribution is -2.45.